The van der Waals surface area contributed by atoms with Crippen molar-refractivity contribution >= 4 is 39.6 Å². The van der Waals surface area contributed by atoms with Gasteiger partial charge in [-0.25, -0.2) is 4.68 Å². The summed E-state index contributed by atoms with van der Waals surface area (Å²) in [4.78, 5) is 17.9. The highest BCUT2D eigenvalue weighted by molar-refractivity contribution is 9.10. The number of H-pyrrole nitrogens is 1. The minimum Gasteiger partial charge on any atom is -0.494 e. The molecule has 3 aromatic rings. The summed E-state index contributed by atoms with van der Waals surface area (Å²) in [6.45, 7) is 1.82. The molecule has 0 spiro atoms. The van der Waals surface area contributed by atoms with E-state index in [-0.39, 0.29) is 5.56 Å². The Balaban J connectivity index is 1.96. The smallest absolute Gasteiger partial charge is 0.280 e. The van der Waals surface area contributed by atoms with Crippen LogP contribution in [0.1, 0.15) is 11.3 Å². The van der Waals surface area contributed by atoms with E-state index in [1.807, 2.05) is 36.6 Å². The number of aromatic nitrogens is 2. The van der Waals surface area contributed by atoms with Gasteiger partial charge in [0.05, 0.1) is 18.4 Å². The molecule has 0 amide bonds. The minimum absolute atomic E-state index is 0.186. The number of ether oxygens (including phenoxy) is 1. The number of nitriles is 1. The fraction of sp³-hybridized carbons (Fsp3) is 0.105. The number of aliphatic imine (C=N–C) groups is 1. The van der Waals surface area contributed by atoms with Crippen LogP contribution in [0, 0.1) is 17.6 Å². The molecule has 1 N–H and O–H groups in total. The molecular weight excluding hydrogens is 428 g/mol. The van der Waals surface area contributed by atoms with Crippen molar-refractivity contribution < 1.29 is 4.74 Å². The number of thioether (sulfide) groups is 1. The molecule has 0 aliphatic rings. The summed E-state index contributed by atoms with van der Waals surface area (Å²) in [5, 5.41) is 13.9. The number of aryl methyl sites for hydroxylation is 1. The van der Waals surface area contributed by atoms with Gasteiger partial charge < -0.3 is 4.74 Å². The van der Waals surface area contributed by atoms with E-state index in [1.54, 1.807) is 18.2 Å². The number of aromatic amines is 1. The minimum atomic E-state index is -0.186. The fourth-order valence-electron chi connectivity index (χ4n) is 2.50. The van der Waals surface area contributed by atoms with E-state index < -0.39 is 0 Å². The fourth-order valence-corrected chi connectivity index (χ4v) is 3.17. The standard InChI is InChI=1S/C19H15BrN4O2S/c1-12-16(19(25)24(23-12)14-5-3-13(20)4-6-14)10-22-17-8-7-15(27-11-21)9-18(17)26-2/h3-10,23H,1-2H3. The summed E-state index contributed by atoms with van der Waals surface area (Å²) < 4.78 is 7.75. The first-order chi connectivity index (χ1) is 13.0. The molecule has 3 rings (SSSR count). The number of hydrogen-bond acceptors (Lipinski definition) is 5. The number of rotatable bonds is 5. The van der Waals surface area contributed by atoms with Crippen molar-refractivity contribution in [1.29, 1.82) is 5.26 Å². The van der Waals surface area contributed by atoms with Gasteiger partial charge in [0.1, 0.15) is 16.8 Å². The van der Waals surface area contributed by atoms with Crippen LogP contribution < -0.4 is 10.3 Å². The molecule has 0 bridgehead atoms. The van der Waals surface area contributed by atoms with Crippen LogP contribution in [0.5, 0.6) is 5.75 Å². The summed E-state index contributed by atoms with van der Waals surface area (Å²) in [6, 6.07) is 12.7. The van der Waals surface area contributed by atoms with Crippen molar-refractivity contribution in [2.75, 3.05) is 7.11 Å². The van der Waals surface area contributed by atoms with E-state index in [1.165, 1.54) is 18.0 Å². The first-order valence-corrected chi connectivity index (χ1v) is 9.50. The number of thiocyanates is 1. The van der Waals surface area contributed by atoms with Crippen LogP contribution in [0.3, 0.4) is 0 Å². The Kier molecular flexibility index (Phi) is 5.84. The number of nitrogens with zero attached hydrogens (tertiary/aromatic N) is 3. The van der Waals surface area contributed by atoms with Crippen LogP contribution in [0.15, 0.2) is 61.6 Å². The van der Waals surface area contributed by atoms with Gasteiger partial charge in [0.25, 0.3) is 5.56 Å². The van der Waals surface area contributed by atoms with Crippen LogP contribution >= 0.6 is 27.7 Å². The average Bonchev–Trinajstić information content (AvgIpc) is 2.95. The van der Waals surface area contributed by atoms with E-state index in [0.717, 1.165) is 26.8 Å². The van der Waals surface area contributed by atoms with Crippen molar-refractivity contribution in [3.8, 4) is 16.8 Å². The normalized spacial score (nSPS) is 10.9. The Hall–Kier alpha value is -2.76. The van der Waals surface area contributed by atoms with Crippen molar-refractivity contribution in [3.05, 3.63) is 68.5 Å². The Labute approximate surface area is 168 Å². The van der Waals surface area contributed by atoms with Gasteiger partial charge >= 0.3 is 0 Å². The molecule has 0 aliphatic carbocycles. The van der Waals surface area contributed by atoms with Crippen molar-refractivity contribution in [2.24, 2.45) is 4.99 Å². The molecule has 136 valence electrons. The Morgan fingerprint density at radius 1 is 1.30 bits per heavy atom. The molecule has 0 atom stereocenters. The lowest BCUT2D eigenvalue weighted by Gasteiger charge is -2.05. The zero-order valence-corrected chi connectivity index (χ0v) is 17.0. The highest BCUT2D eigenvalue weighted by Crippen LogP contribution is 2.32. The van der Waals surface area contributed by atoms with E-state index in [9.17, 15) is 4.79 Å². The third kappa shape index (κ3) is 4.15. The van der Waals surface area contributed by atoms with Gasteiger partial charge in [-0.15, -0.1) is 0 Å². The second-order valence-electron chi connectivity index (χ2n) is 5.55. The van der Waals surface area contributed by atoms with Gasteiger partial charge in [-0.3, -0.25) is 14.9 Å². The number of halogens is 1. The van der Waals surface area contributed by atoms with Crippen molar-refractivity contribution in [2.45, 2.75) is 11.8 Å². The molecule has 1 heterocycles. The van der Waals surface area contributed by atoms with Crippen LogP contribution in [0.2, 0.25) is 0 Å². The van der Waals surface area contributed by atoms with Gasteiger partial charge in [0.15, 0.2) is 0 Å². The van der Waals surface area contributed by atoms with Gasteiger partial charge in [-0.05, 0) is 61.2 Å². The molecule has 27 heavy (non-hydrogen) atoms. The lowest BCUT2D eigenvalue weighted by Crippen LogP contribution is -2.17. The quantitative estimate of drug-likeness (QED) is 0.356. The van der Waals surface area contributed by atoms with Gasteiger partial charge in [0.2, 0.25) is 0 Å². The molecule has 0 fully saturated rings. The maximum absolute atomic E-state index is 12.7. The van der Waals surface area contributed by atoms with E-state index in [0.29, 0.717) is 22.7 Å². The van der Waals surface area contributed by atoms with Gasteiger partial charge in [-0.1, -0.05) is 15.9 Å². The lowest BCUT2D eigenvalue weighted by molar-refractivity contribution is 0.415. The Bertz CT molecular complexity index is 1090. The molecular formula is C19H15BrN4O2S. The molecule has 0 saturated carbocycles. The molecule has 8 heteroatoms. The van der Waals surface area contributed by atoms with Gasteiger partial charge in [-0.2, -0.15) is 5.26 Å². The molecule has 0 unspecified atom stereocenters. The third-order valence-electron chi connectivity index (χ3n) is 3.85. The van der Waals surface area contributed by atoms with Crippen LogP contribution in [-0.4, -0.2) is 23.1 Å². The molecule has 0 radical (unpaired) electrons. The predicted molar refractivity (Wildman–Crippen MR) is 111 cm³/mol. The monoisotopic (exact) mass is 442 g/mol. The summed E-state index contributed by atoms with van der Waals surface area (Å²) in [5.74, 6) is 0.535. The summed E-state index contributed by atoms with van der Waals surface area (Å²) in [7, 11) is 1.54. The van der Waals surface area contributed by atoms with Crippen LogP contribution in [0.25, 0.3) is 5.69 Å². The second kappa shape index (κ2) is 8.29. The van der Waals surface area contributed by atoms with E-state index in [4.69, 9.17) is 10.00 Å². The topological polar surface area (TPSA) is 83.2 Å². The SMILES string of the molecule is COc1cc(SC#N)ccc1N=Cc1c(C)[nH]n(-c2ccc(Br)cc2)c1=O. The van der Waals surface area contributed by atoms with E-state index >= 15 is 0 Å². The lowest BCUT2D eigenvalue weighted by atomic mass is 10.2. The van der Waals surface area contributed by atoms with Crippen LogP contribution in [-0.2, 0) is 0 Å². The second-order valence-corrected chi connectivity index (χ2v) is 7.33. The first-order valence-electron chi connectivity index (χ1n) is 7.89. The highest BCUT2D eigenvalue weighted by Gasteiger charge is 2.11. The third-order valence-corrected chi connectivity index (χ3v) is 4.96. The number of nitrogens with one attached hydrogen (secondary N) is 1. The zero-order valence-electron chi connectivity index (χ0n) is 14.6. The highest BCUT2D eigenvalue weighted by atomic mass is 79.9. The summed E-state index contributed by atoms with van der Waals surface area (Å²) in [5.41, 5.74) is 2.31. The maximum atomic E-state index is 12.7. The molecule has 1 aromatic heterocycles. The number of benzene rings is 2. The van der Waals surface area contributed by atoms with Gasteiger partial charge in [0, 0.05) is 21.3 Å². The maximum Gasteiger partial charge on any atom is 0.280 e. The van der Waals surface area contributed by atoms with Crippen molar-refractivity contribution in [3.63, 3.8) is 0 Å². The largest absolute Gasteiger partial charge is 0.494 e. The Morgan fingerprint density at radius 2 is 2.04 bits per heavy atom. The summed E-state index contributed by atoms with van der Waals surface area (Å²) in [6.07, 6.45) is 1.53. The molecule has 2 aromatic carbocycles. The zero-order chi connectivity index (χ0) is 19.4. The first kappa shape index (κ1) is 19.0. The molecule has 0 saturated heterocycles. The Morgan fingerprint density at radius 3 is 2.70 bits per heavy atom. The summed E-state index contributed by atoms with van der Waals surface area (Å²) >= 11 is 4.43. The molecule has 6 nitrogen and oxygen atoms in total. The van der Waals surface area contributed by atoms with Crippen molar-refractivity contribution in [1.82, 2.24) is 9.78 Å². The number of hydrogen-bond donors (Lipinski definition) is 1. The number of methoxy groups -OCH3 is 1. The van der Waals surface area contributed by atoms with Crippen LogP contribution in [0.4, 0.5) is 5.69 Å². The predicted octanol–water partition coefficient (Wildman–Crippen LogP) is 4.57. The molecule has 0 aliphatic heterocycles. The van der Waals surface area contributed by atoms with E-state index in [2.05, 4.69) is 26.0 Å². The average molecular weight is 443 g/mol.